The van der Waals surface area contributed by atoms with Crippen molar-refractivity contribution in [2.45, 2.75) is 0 Å². The third-order valence-corrected chi connectivity index (χ3v) is 3.66. The number of rotatable bonds is 6. The van der Waals surface area contributed by atoms with Crippen LogP contribution in [0.2, 0.25) is 5.02 Å². The molecule has 0 aliphatic heterocycles. The number of ether oxygens (including phenoxy) is 2. The largest absolute Gasteiger partial charge is 0.490 e. The smallest absolute Gasteiger partial charge is 0.253 e. The summed E-state index contributed by atoms with van der Waals surface area (Å²) in [6, 6.07) is 18.4. The van der Waals surface area contributed by atoms with Gasteiger partial charge < -0.3 is 15.2 Å². The Morgan fingerprint density at radius 1 is 1.04 bits per heavy atom. The van der Waals surface area contributed by atoms with Gasteiger partial charge in [-0.05, 0) is 36.4 Å². The Bertz CT molecular complexity index is 886. The van der Waals surface area contributed by atoms with E-state index < -0.39 is 0 Å². The third-order valence-electron chi connectivity index (χ3n) is 3.41. The quantitative estimate of drug-likeness (QED) is 0.685. The van der Waals surface area contributed by atoms with E-state index >= 15 is 0 Å². The second-order valence-electron chi connectivity index (χ2n) is 5.08. The van der Waals surface area contributed by atoms with Crippen molar-refractivity contribution in [2.75, 3.05) is 18.9 Å². The number of nitriles is 1. The van der Waals surface area contributed by atoms with E-state index in [1.54, 1.807) is 24.3 Å². The van der Waals surface area contributed by atoms with Gasteiger partial charge in [0.15, 0.2) is 5.56 Å². The van der Waals surface area contributed by atoms with E-state index in [0.717, 1.165) is 5.75 Å². The van der Waals surface area contributed by atoms with Gasteiger partial charge in [0.05, 0.1) is 5.69 Å². The molecule has 1 heterocycles. The molecule has 0 unspecified atom stereocenters. The van der Waals surface area contributed by atoms with Crippen LogP contribution in [0.3, 0.4) is 0 Å². The van der Waals surface area contributed by atoms with Gasteiger partial charge >= 0.3 is 0 Å². The third kappa shape index (κ3) is 3.84. The zero-order chi connectivity index (χ0) is 17.6. The highest BCUT2D eigenvalue weighted by atomic mass is 35.5. The van der Waals surface area contributed by atoms with Gasteiger partial charge in [-0.2, -0.15) is 5.26 Å². The summed E-state index contributed by atoms with van der Waals surface area (Å²) >= 11 is 5.89. The molecule has 6 nitrogen and oxygen atoms in total. The summed E-state index contributed by atoms with van der Waals surface area (Å²) in [5.41, 5.74) is 6.89. The molecule has 0 radical (unpaired) electrons. The first kappa shape index (κ1) is 16.7. The van der Waals surface area contributed by atoms with Crippen molar-refractivity contribution in [3.05, 3.63) is 65.2 Å². The van der Waals surface area contributed by atoms with Gasteiger partial charge in [0.2, 0.25) is 0 Å². The van der Waals surface area contributed by atoms with Gasteiger partial charge in [0.25, 0.3) is 5.88 Å². The predicted octanol–water partition coefficient (Wildman–Crippen LogP) is 3.44. The number of halogens is 1. The lowest BCUT2D eigenvalue weighted by Crippen LogP contribution is -2.10. The second-order valence-corrected chi connectivity index (χ2v) is 5.51. The lowest BCUT2D eigenvalue weighted by molar-refractivity contribution is 0.211. The number of nitrogens with zero attached hydrogens (tertiary/aromatic N) is 3. The van der Waals surface area contributed by atoms with Gasteiger partial charge in [-0.3, -0.25) is 0 Å². The van der Waals surface area contributed by atoms with Crippen molar-refractivity contribution < 1.29 is 9.47 Å². The standard InChI is InChI=1S/C18H15ClN4O2/c19-13-6-8-14(9-7-13)23-17(21)16(12-20)18(22-23)25-11-10-24-15-4-2-1-3-5-15/h1-9H,10-11,21H2. The first-order chi connectivity index (χ1) is 12.2. The molecule has 0 saturated heterocycles. The van der Waals surface area contributed by atoms with E-state index in [0.29, 0.717) is 17.3 Å². The Hall–Kier alpha value is -3.17. The molecule has 0 atom stereocenters. The summed E-state index contributed by atoms with van der Waals surface area (Å²) in [4.78, 5) is 0. The van der Waals surface area contributed by atoms with Crippen molar-refractivity contribution in [1.82, 2.24) is 9.78 Å². The molecule has 2 aromatic carbocycles. The average molecular weight is 355 g/mol. The molecule has 0 aliphatic carbocycles. The number of hydrogen-bond acceptors (Lipinski definition) is 5. The molecule has 2 N–H and O–H groups in total. The van der Waals surface area contributed by atoms with Crippen LogP contribution in [0.1, 0.15) is 5.56 Å². The van der Waals surface area contributed by atoms with Gasteiger partial charge in [0.1, 0.15) is 30.9 Å². The summed E-state index contributed by atoms with van der Waals surface area (Å²) in [6.07, 6.45) is 0. The number of hydrogen-bond donors (Lipinski definition) is 1. The highest BCUT2D eigenvalue weighted by Crippen LogP contribution is 2.26. The molecule has 0 fully saturated rings. The number of benzene rings is 2. The first-order valence-corrected chi connectivity index (χ1v) is 7.92. The normalized spacial score (nSPS) is 10.2. The Morgan fingerprint density at radius 2 is 1.72 bits per heavy atom. The Kier molecular flexibility index (Phi) is 5.07. The van der Waals surface area contributed by atoms with Crippen molar-refractivity contribution >= 4 is 17.4 Å². The number of aromatic nitrogens is 2. The molecule has 3 aromatic rings. The van der Waals surface area contributed by atoms with E-state index in [-0.39, 0.29) is 23.9 Å². The minimum absolute atomic E-state index is 0.173. The molecule has 0 amide bonds. The molecule has 1 aromatic heterocycles. The summed E-state index contributed by atoms with van der Waals surface area (Å²) in [5, 5.41) is 14.2. The van der Waals surface area contributed by atoms with Crippen LogP contribution < -0.4 is 15.2 Å². The molecule has 0 spiro atoms. The molecule has 126 valence electrons. The lowest BCUT2D eigenvalue weighted by atomic mass is 10.3. The maximum atomic E-state index is 9.32. The number of nitrogen functional groups attached to an aromatic ring is 1. The average Bonchev–Trinajstić information content (AvgIpc) is 2.96. The van der Waals surface area contributed by atoms with E-state index in [1.807, 2.05) is 36.4 Å². The van der Waals surface area contributed by atoms with E-state index in [9.17, 15) is 5.26 Å². The fourth-order valence-electron chi connectivity index (χ4n) is 2.21. The fourth-order valence-corrected chi connectivity index (χ4v) is 2.34. The molecule has 0 saturated carbocycles. The predicted molar refractivity (Wildman–Crippen MR) is 95.1 cm³/mol. The van der Waals surface area contributed by atoms with Gasteiger partial charge in [-0.1, -0.05) is 29.8 Å². The van der Waals surface area contributed by atoms with Crippen LogP contribution in [0, 0.1) is 11.3 Å². The summed E-state index contributed by atoms with van der Waals surface area (Å²) in [5.74, 6) is 1.13. The molecular formula is C18H15ClN4O2. The fraction of sp³-hybridized carbons (Fsp3) is 0.111. The van der Waals surface area contributed by atoms with Crippen LogP contribution in [0.15, 0.2) is 54.6 Å². The molecule has 7 heteroatoms. The Balaban J connectivity index is 1.70. The SMILES string of the molecule is N#Cc1c(OCCOc2ccccc2)nn(-c2ccc(Cl)cc2)c1N. The molecule has 0 bridgehead atoms. The Labute approximate surface area is 150 Å². The topological polar surface area (TPSA) is 86.1 Å². The zero-order valence-corrected chi connectivity index (χ0v) is 14.0. The minimum atomic E-state index is 0.173. The van der Waals surface area contributed by atoms with E-state index in [2.05, 4.69) is 5.10 Å². The number of nitrogens with two attached hydrogens (primary N) is 1. The van der Waals surface area contributed by atoms with Crippen LogP contribution in [-0.4, -0.2) is 23.0 Å². The van der Waals surface area contributed by atoms with Gasteiger partial charge in [0, 0.05) is 5.02 Å². The van der Waals surface area contributed by atoms with E-state index in [1.165, 1.54) is 4.68 Å². The Morgan fingerprint density at radius 3 is 2.40 bits per heavy atom. The van der Waals surface area contributed by atoms with Crippen molar-refractivity contribution in [3.63, 3.8) is 0 Å². The first-order valence-electron chi connectivity index (χ1n) is 7.54. The minimum Gasteiger partial charge on any atom is -0.490 e. The van der Waals surface area contributed by atoms with Crippen molar-refractivity contribution in [1.29, 1.82) is 5.26 Å². The summed E-state index contributed by atoms with van der Waals surface area (Å²) < 4.78 is 12.6. The van der Waals surface area contributed by atoms with Gasteiger partial charge in [-0.25, -0.2) is 4.68 Å². The highest BCUT2D eigenvalue weighted by Gasteiger charge is 2.18. The number of anilines is 1. The van der Waals surface area contributed by atoms with Crippen molar-refractivity contribution in [3.8, 4) is 23.4 Å². The molecule has 25 heavy (non-hydrogen) atoms. The van der Waals surface area contributed by atoms with Crippen LogP contribution in [0.4, 0.5) is 5.82 Å². The highest BCUT2D eigenvalue weighted by molar-refractivity contribution is 6.30. The maximum absolute atomic E-state index is 9.32. The van der Waals surface area contributed by atoms with Crippen LogP contribution in [0.5, 0.6) is 11.6 Å². The lowest BCUT2D eigenvalue weighted by Gasteiger charge is -2.06. The molecular weight excluding hydrogens is 340 g/mol. The summed E-state index contributed by atoms with van der Waals surface area (Å²) in [6.45, 7) is 0.559. The van der Waals surface area contributed by atoms with Crippen LogP contribution >= 0.6 is 11.6 Å². The second kappa shape index (κ2) is 7.60. The summed E-state index contributed by atoms with van der Waals surface area (Å²) in [7, 11) is 0. The van der Waals surface area contributed by atoms with E-state index in [4.69, 9.17) is 26.8 Å². The van der Waals surface area contributed by atoms with Crippen molar-refractivity contribution in [2.24, 2.45) is 0 Å². The number of para-hydroxylation sites is 1. The monoisotopic (exact) mass is 354 g/mol. The van der Waals surface area contributed by atoms with Crippen LogP contribution in [-0.2, 0) is 0 Å². The van der Waals surface area contributed by atoms with Gasteiger partial charge in [-0.15, -0.1) is 5.10 Å². The van der Waals surface area contributed by atoms with Crippen LogP contribution in [0.25, 0.3) is 5.69 Å². The molecule has 0 aliphatic rings. The molecule has 3 rings (SSSR count). The maximum Gasteiger partial charge on any atom is 0.253 e. The zero-order valence-electron chi connectivity index (χ0n) is 13.2.